The first-order valence-corrected chi connectivity index (χ1v) is 5.55. The van der Waals surface area contributed by atoms with E-state index in [4.69, 9.17) is 10.2 Å². The molecule has 5 heteroatoms. The number of benzene rings is 1. The summed E-state index contributed by atoms with van der Waals surface area (Å²) in [5.74, 6) is -1.39. The van der Waals surface area contributed by atoms with Gasteiger partial charge in [0.2, 0.25) is 0 Å². The molecule has 0 aliphatic heterocycles. The van der Waals surface area contributed by atoms with Gasteiger partial charge in [0.25, 0.3) is 0 Å². The first-order valence-electron chi connectivity index (χ1n) is 5.55. The third kappa shape index (κ3) is 8.29. The molecule has 0 radical (unpaired) electrons. The highest BCUT2D eigenvalue weighted by Gasteiger charge is 2.12. The van der Waals surface area contributed by atoms with Crippen LogP contribution in [0, 0.1) is 0 Å². The van der Waals surface area contributed by atoms with E-state index in [-0.39, 0.29) is 12.4 Å². The monoisotopic (exact) mass is 254 g/mol. The molecule has 2 N–H and O–H groups in total. The first kappa shape index (κ1) is 16.1. The fourth-order valence-corrected chi connectivity index (χ4v) is 1.13. The second kappa shape index (κ2) is 9.18. The van der Waals surface area contributed by atoms with Crippen molar-refractivity contribution < 1.29 is 24.5 Å². The van der Waals surface area contributed by atoms with Crippen molar-refractivity contribution in [2.45, 2.75) is 26.4 Å². The average Bonchev–Trinajstić information content (AvgIpc) is 2.30. The standard InChI is InChI=1S/C9H10O3.C4H8O2/c10-8(9(11)12)6-7-4-2-1-3-5-7;1-3-6-4(2)5/h1-5,8,10H,6H2,(H,11,12);3H2,1-2H3/t8-;/m0./s1. The number of esters is 1. The predicted octanol–water partition coefficient (Wildman–Crippen LogP) is 1.24. The normalized spacial score (nSPS) is 10.8. The van der Waals surface area contributed by atoms with Crippen molar-refractivity contribution in [1.82, 2.24) is 0 Å². The number of aliphatic carboxylic acids is 1. The van der Waals surface area contributed by atoms with E-state index >= 15 is 0 Å². The minimum Gasteiger partial charge on any atom is -0.479 e. The van der Waals surface area contributed by atoms with E-state index in [0.717, 1.165) is 5.56 Å². The molecule has 0 saturated carbocycles. The van der Waals surface area contributed by atoms with Gasteiger partial charge in [-0.3, -0.25) is 4.79 Å². The quantitative estimate of drug-likeness (QED) is 0.790. The molecule has 1 aromatic carbocycles. The summed E-state index contributed by atoms with van der Waals surface area (Å²) < 4.78 is 4.40. The smallest absolute Gasteiger partial charge is 0.332 e. The van der Waals surface area contributed by atoms with Gasteiger partial charge in [-0.15, -0.1) is 0 Å². The van der Waals surface area contributed by atoms with Crippen molar-refractivity contribution in [3.63, 3.8) is 0 Å². The fraction of sp³-hybridized carbons (Fsp3) is 0.385. The van der Waals surface area contributed by atoms with Crippen molar-refractivity contribution in [3.8, 4) is 0 Å². The minimum absolute atomic E-state index is 0.163. The second-order valence-electron chi connectivity index (χ2n) is 3.47. The van der Waals surface area contributed by atoms with Crippen LogP contribution in [0.5, 0.6) is 0 Å². The van der Waals surface area contributed by atoms with Crippen molar-refractivity contribution in [3.05, 3.63) is 35.9 Å². The van der Waals surface area contributed by atoms with Crippen molar-refractivity contribution in [2.24, 2.45) is 0 Å². The molecule has 0 amide bonds. The number of carbonyl (C=O) groups is 2. The number of rotatable bonds is 4. The van der Waals surface area contributed by atoms with Gasteiger partial charge in [0.15, 0.2) is 6.10 Å². The van der Waals surface area contributed by atoms with Gasteiger partial charge >= 0.3 is 11.9 Å². The summed E-state index contributed by atoms with van der Waals surface area (Å²) in [5.41, 5.74) is 0.826. The zero-order valence-electron chi connectivity index (χ0n) is 10.5. The van der Waals surface area contributed by atoms with Crippen molar-refractivity contribution >= 4 is 11.9 Å². The van der Waals surface area contributed by atoms with Crippen LogP contribution in [0.25, 0.3) is 0 Å². The summed E-state index contributed by atoms with van der Waals surface area (Å²) in [4.78, 5) is 20.1. The van der Waals surface area contributed by atoms with Gasteiger partial charge in [-0.1, -0.05) is 30.3 Å². The van der Waals surface area contributed by atoms with Crippen LogP contribution in [-0.2, 0) is 20.7 Å². The largest absolute Gasteiger partial charge is 0.479 e. The molecule has 0 unspecified atom stereocenters. The maximum absolute atomic E-state index is 10.3. The predicted molar refractivity (Wildman–Crippen MR) is 66.1 cm³/mol. The summed E-state index contributed by atoms with van der Waals surface area (Å²) in [6, 6.07) is 9.03. The van der Waals surface area contributed by atoms with Crippen LogP contribution < -0.4 is 0 Å². The zero-order chi connectivity index (χ0) is 14.0. The molecule has 1 atom stereocenters. The Balaban J connectivity index is 0.000000411. The van der Waals surface area contributed by atoms with Crippen LogP contribution in [0.1, 0.15) is 19.4 Å². The molecule has 0 spiro atoms. The van der Waals surface area contributed by atoms with Crippen LogP contribution in [0.4, 0.5) is 0 Å². The van der Waals surface area contributed by atoms with E-state index in [1.54, 1.807) is 19.1 Å². The SMILES string of the molecule is CCOC(C)=O.O=C(O)[C@@H](O)Cc1ccccc1. The number of carboxylic acids is 1. The van der Waals surface area contributed by atoms with E-state index in [9.17, 15) is 9.59 Å². The first-order chi connectivity index (χ1) is 8.47. The van der Waals surface area contributed by atoms with Crippen LogP contribution in [0.3, 0.4) is 0 Å². The number of ether oxygens (including phenoxy) is 1. The van der Waals surface area contributed by atoms with Crippen LogP contribution in [0.15, 0.2) is 30.3 Å². The molecule has 0 aliphatic carbocycles. The molecule has 0 aliphatic rings. The summed E-state index contributed by atoms with van der Waals surface area (Å²) in [6.45, 7) is 3.65. The van der Waals surface area contributed by atoms with E-state index in [1.807, 2.05) is 18.2 Å². The molecule has 0 fully saturated rings. The summed E-state index contributed by atoms with van der Waals surface area (Å²) in [7, 11) is 0. The third-order valence-corrected chi connectivity index (χ3v) is 1.90. The van der Waals surface area contributed by atoms with Gasteiger partial charge in [-0.05, 0) is 12.5 Å². The Morgan fingerprint density at radius 1 is 1.28 bits per heavy atom. The Labute approximate surface area is 106 Å². The van der Waals surface area contributed by atoms with Crippen molar-refractivity contribution in [1.29, 1.82) is 0 Å². The fourth-order valence-electron chi connectivity index (χ4n) is 1.13. The van der Waals surface area contributed by atoms with Gasteiger partial charge in [0.05, 0.1) is 6.61 Å². The van der Waals surface area contributed by atoms with Gasteiger partial charge in [0, 0.05) is 13.3 Å². The number of aliphatic hydroxyl groups excluding tert-OH is 1. The lowest BCUT2D eigenvalue weighted by molar-refractivity contribution is -0.146. The zero-order valence-corrected chi connectivity index (χ0v) is 10.5. The number of carboxylic acid groups (broad SMARTS) is 1. The lowest BCUT2D eigenvalue weighted by atomic mass is 10.1. The van der Waals surface area contributed by atoms with Gasteiger partial charge < -0.3 is 14.9 Å². The Morgan fingerprint density at radius 3 is 2.17 bits per heavy atom. The van der Waals surface area contributed by atoms with Crippen LogP contribution in [0.2, 0.25) is 0 Å². The highest BCUT2D eigenvalue weighted by Crippen LogP contribution is 2.02. The molecule has 100 valence electrons. The number of carbonyl (C=O) groups excluding carboxylic acids is 1. The molecular formula is C13H18O5. The van der Waals surface area contributed by atoms with E-state index < -0.39 is 12.1 Å². The van der Waals surface area contributed by atoms with E-state index in [0.29, 0.717) is 6.61 Å². The molecule has 0 aromatic heterocycles. The Bertz CT molecular complexity index is 361. The van der Waals surface area contributed by atoms with Gasteiger partial charge in [0.1, 0.15) is 0 Å². The maximum atomic E-state index is 10.3. The Kier molecular flexibility index (Phi) is 8.22. The minimum atomic E-state index is -1.30. The number of hydrogen-bond acceptors (Lipinski definition) is 4. The van der Waals surface area contributed by atoms with Crippen LogP contribution in [-0.4, -0.2) is 34.9 Å². The number of aliphatic hydroxyl groups is 1. The maximum Gasteiger partial charge on any atom is 0.332 e. The van der Waals surface area contributed by atoms with Crippen molar-refractivity contribution in [2.75, 3.05) is 6.61 Å². The molecule has 0 saturated heterocycles. The third-order valence-electron chi connectivity index (χ3n) is 1.90. The lowest BCUT2D eigenvalue weighted by Crippen LogP contribution is -2.21. The molecule has 1 rings (SSSR count). The average molecular weight is 254 g/mol. The topological polar surface area (TPSA) is 83.8 Å². The highest BCUT2D eigenvalue weighted by atomic mass is 16.5. The molecule has 0 bridgehead atoms. The van der Waals surface area contributed by atoms with Crippen LogP contribution >= 0.6 is 0 Å². The summed E-state index contributed by atoms with van der Waals surface area (Å²) in [5, 5.41) is 17.4. The Hall–Kier alpha value is -1.88. The van der Waals surface area contributed by atoms with Gasteiger partial charge in [-0.25, -0.2) is 4.79 Å². The molecule has 18 heavy (non-hydrogen) atoms. The highest BCUT2D eigenvalue weighted by molar-refractivity contribution is 5.72. The van der Waals surface area contributed by atoms with E-state index in [2.05, 4.69) is 4.74 Å². The van der Waals surface area contributed by atoms with E-state index in [1.165, 1.54) is 6.92 Å². The molecule has 0 heterocycles. The Morgan fingerprint density at radius 2 is 1.83 bits per heavy atom. The van der Waals surface area contributed by atoms with Gasteiger partial charge in [-0.2, -0.15) is 0 Å². The summed E-state index contributed by atoms with van der Waals surface area (Å²) >= 11 is 0. The molecule has 1 aromatic rings. The summed E-state index contributed by atoms with van der Waals surface area (Å²) in [6.07, 6.45) is -1.14. The molecular weight excluding hydrogens is 236 g/mol. The lowest BCUT2D eigenvalue weighted by Gasteiger charge is -2.03. The molecule has 5 nitrogen and oxygen atoms in total. The number of hydrogen-bond donors (Lipinski definition) is 2. The second-order valence-corrected chi connectivity index (χ2v) is 3.47.